The van der Waals surface area contributed by atoms with E-state index in [1.54, 1.807) is 4.57 Å². The van der Waals surface area contributed by atoms with Crippen LogP contribution in [0.1, 0.15) is 20.3 Å². The summed E-state index contributed by atoms with van der Waals surface area (Å²) in [5.74, 6) is -1.21. The summed E-state index contributed by atoms with van der Waals surface area (Å²) in [4.78, 5) is 14.2. The van der Waals surface area contributed by atoms with Crippen LogP contribution in [0.2, 0.25) is 0 Å². The predicted molar refractivity (Wildman–Crippen MR) is 66.0 cm³/mol. The minimum atomic E-state index is -3.85. The Labute approximate surface area is 111 Å². The second-order valence-corrected chi connectivity index (χ2v) is 6.15. The van der Waals surface area contributed by atoms with Gasteiger partial charge in [-0.2, -0.15) is 0 Å². The number of hydrogen-bond donors (Lipinski definition) is 3. The topological polar surface area (TPSA) is 122 Å². The van der Waals surface area contributed by atoms with E-state index < -0.39 is 34.6 Å². The molecule has 0 radical (unpaired) electrons. The van der Waals surface area contributed by atoms with Crippen LogP contribution in [0, 0.1) is 0 Å². The van der Waals surface area contributed by atoms with Gasteiger partial charge in [0.1, 0.15) is 0 Å². The number of carbonyl (C=O) groups is 1. The van der Waals surface area contributed by atoms with Crippen LogP contribution in [-0.2, 0) is 21.4 Å². The molecule has 1 aromatic rings. The second-order valence-electron chi connectivity index (χ2n) is 4.43. The molecule has 0 amide bonds. The first-order valence-electron chi connectivity index (χ1n) is 5.62. The first kappa shape index (κ1) is 15.6. The highest BCUT2D eigenvalue weighted by molar-refractivity contribution is 7.89. The molecule has 0 fully saturated rings. The van der Waals surface area contributed by atoms with E-state index in [1.165, 1.54) is 19.4 Å². The Bertz CT molecular complexity index is 549. The molecule has 0 aliphatic heterocycles. The molecule has 108 valence electrons. The zero-order valence-electron chi connectivity index (χ0n) is 10.7. The first-order valence-corrected chi connectivity index (χ1v) is 7.10. The molecule has 1 atom stereocenters. The maximum Gasteiger partial charge on any atom is 0.306 e. The minimum absolute atomic E-state index is 0.166. The number of rotatable bonds is 7. The third kappa shape index (κ3) is 4.62. The predicted octanol–water partition coefficient (Wildman–Crippen LogP) is -0.593. The zero-order chi connectivity index (χ0) is 14.7. The number of aliphatic hydroxyl groups is 1. The zero-order valence-corrected chi connectivity index (χ0v) is 11.5. The number of carboxylic acid groups (broad SMARTS) is 1. The fraction of sp³-hybridized carbons (Fsp3) is 0.600. The molecule has 1 heterocycles. The summed E-state index contributed by atoms with van der Waals surface area (Å²) in [5.41, 5.74) is -1.66. The van der Waals surface area contributed by atoms with Crippen molar-refractivity contribution in [1.29, 1.82) is 0 Å². The van der Waals surface area contributed by atoms with Crippen molar-refractivity contribution in [2.45, 2.75) is 37.4 Å². The molecule has 9 heteroatoms. The van der Waals surface area contributed by atoms with Gasteiger partial charge < -0.3 is 14.8 Å². The first-order chi connectivity index (χ1) is 8.66. The lowest BCUT2D eigenvalue weighted by atomic mass is 10.0. The Morgan fingerprint density at radius 1 is 1.58 bits per heavy atom. The lowest BCUT2D eigenvalue weighted by Gasteiger charge is -2.20. The molecule has 0 saturated heterocycles. The highest BCUT2D eigenvalue weighted by atomic mass is 32.2. The minimum Gasteiger partial charge on any atom is -0.481 e. The fourth-order valence-corrected chi connectivity index (χ4v) is 2.47. The van der Waals surface area contributed by atoms with Crippen LogP contribution >= 0.6 is 0 Å². The number of aromatic nitrogens is 2. The molecule has 0 spiro atoms. The van der Waals surface area contributed by atoms with Crippen LogP contribution in [0.15, 0.2) is 17.6 Å². The van der Waals surface area contributed by atoms with Crippen molar-refractivity contribution < 1.29 is 23.4 Å². The normalized spacial score (nSPS) is 15.1. The molecule has 0 bridgehead atoms. The van der Waals surface area contributed by atoms with E-state index in [-0.39, 0.29) is 5.03 Å². The number of nitrogens with zero attached hydrogens (tertiary/aromatic N) is 2. The van der Waals surface area contributed by atoms with Crippen molar-refractivity contribution in [3.8, 4) is 0 Å². The summed E-state index contributed by atoms with van der Waals surface area (Å²) < 4.78 is 27.4. The van der Waals surface area contributed by atoms with Gasteiger partial charge in [-0.25, -0.2) is 18.1 Å². The average Bonchev–Trinajstić information content (AvgIpc) is 2.74. The Balaban J connectivity index is 2.73. The van der Waals surface area contributed by atoms with Crippen molar-refractivity contribution in [3.05, 3.63) is 12.5 Å². The number of aryl methyl sites for hydroxylation is 1. The van der Waals surface area contributed by atoms with E-state index in [9.17, 15) is 18.3 Å². The van der Waals surface area contributed by atoms with E-state index >= 15 is 0 Å². The van der Waals surface area contributed by atoms with Gasteiger partial charge in [-0.05, 0) is 13.8 Å². The summed E-state index contributed by atoms with van der Waals surface area (Å²) in [5, 5.41) is 18.1. The molecule has 1 rings (SSSR count). The highest BCUT2D eigenvalue weighted by Gasteiger charge is 2.27. The van der Waals surface area contributed by atoms with Crippen LogP contribution < -0.4 is 4.72 Å². The third-order valence-electron chi connectivity index (χ3n) is 2.43. The summed E-state index contributed by atoms with van der Waals surface area (Å²) in [7, 11) is -3.85. The number of nitrogens with one attached hydrogen (secondary N) is 1. The van der Waals surface area contributed by atoms with Gasteiger partial charge >= 0.3 is 5.97 Å². The van der Waals surface area contributed by atoms with Crippen molar-refractivity contribution in [3.63, 3.8) is 0 Å². The van der Waals surface area contributed by atoms with Gasteiger partial charge in [-0.15, -0.1) is 0 Å². The number of hydrogen-bond acceptors (Lipinski definition) is 5. The Morgan fingerprint density at radius 3 is 2.68 bits per heavy atom. The molecule has 1 aromatic heterocycles. The lowest BCUT2D eigenvalue weighted by molar-refractivity contribution is -0.141. The van der Waals surface area contributed by atoms with E-state index in [2.05, 4.69) is 9.71 Å². The van der Waals surface area contributed by atoms with Crippen LogP contribution in [0.3, 0.4) is 0 Å². The summed E-state index contributed by atoms with van der Waals surface area (Å²) >= 11 is 0. The van der Waals surface area contributed by atoms with Crippen LogP contribution in [-0.4, -0.2) is 46.3 Å². The summed E-state index contributed by atoms with van der Waals surface area (Å²) in [6.45, 7) is 3.26. The van der Waals surface area contributed by atoms with E-state index in [1.807, 2.05) is 6.92 Å². The number of imidazole rings is 1. The van der Waals surface area contributed by atoms with Gasteiger partial charge in [0.25, 0.3) is 10.0 Å². The van der Waals surface area contributed by atoms with E-state index in [4.69, 9.17) is 5.11 Å². The van der Waals surface area contributed by atoms with Gasteiger partial charge in [0.15, 0.2) is 5.03 Å². The molecule has 19 heavy (non-hydrogen) atoms. The van der Waals surface area contributed by atoms with Crippen molar-refractivity contribution in [2.75, 3.05) is 6.54 Å². The molecule has 0 aromatic carbocycles. The Morgan fingerprint density at radius 2 is 2.21 bits per heavy atom. The number of aliphatic carboxylic acids is 1. The average molecular weight is 291 g/mol. The second kappa shape index (κ2) is 5.68. The molecular formula is C10H17N3O5S. The standard InChI is InChI=1S/C10H17N3O5S/c1-3-13-5-8(11-7-13)19(17,18)12-6-10(2,16)4-9(14)15/h5,7,12,16H,3-4,6H2,1-2H3,(H,14,15). The van der Waals surface area contributed by atoms with Crippen molar-refractivity contribution in [1.82, 2.24) is 14.3 Å². The Hall–Kier alpha value is -1.45. The van der Waals surface area contributed by atoms with E-state index in [0.29, 0.717) is 6.54 Å². The smallest absolute Gasteiger partial charge is 0.306 e. The molecule has 0 aliphatic rings. The molecule has 8 nitrogen and oxygen atoms in total. The van der Waals surface area contributed by atoms with Crippen LogP contribution in [0.25, 0.3) is 0 Å². The van der Waals surface area contributed by atoms with Crippen LogP contribution in [0.4, 0.5) is 0 Å². The SMILES string of the molecule is CCn1cnc(S(=O)(=O)NCC(C)(O)CC(=O)O)c1. The van der Waals surface area contributed by atoms with Gasteiger partial charge in [-0.1, -0.05) is 0 Å². The molecule has 0 aliphatic carbocycles. The highest BCUT2D eigenvalue weighted by Crippen LogP contribution is 2.10. The maximum atomic E-state index is 11.8. The molecule has 0 saturated carbocycles. The monoisotopic (exact) mass is 291 g/mol. The molecule has 1 unspecified atom stereocenters. The van der Waals surface area contributed by atoms with Crippen molar-refractivity contribution >= 4 is 16.0 Å². The molecule has 3 N–H and O–H groups in total. The maximum absolute atomic E-state index is 11.8. The van der Waals surface area contributed by atoms with Gasteiger partial charge in [-0.3, -0.25) is 4.79 Å². The number of carboxylic acids is 1. The number of sulfonamides is 1. The fourth-order valence-electron chi connectivity index (χ4n) is 1.36. The quantitative estimate of drug-likeness (QED) is 0.617. The van der Waals surface area contributed by atoms with Gasteiger partial charge in [0.05, 0.1) is 18.3 Å². The van der Waals surface area contributed by atoms with E-state index in [0.717, 1.165) is 0 Å². The summed E-state index contributed by atoms with van der Waals surface area (Å²) in [6, 6.07) is 0. The van der Waals surface area contributed by atoms with Gasteiger partial charge in [0.2, 0.25) is 0 Å². The van der Waals surface area contributed by atoms with Crippen molar-refractivity contribution in [2.24, 2.45) is 0 Å². The van der Waals surface area contributed by atoms with Crippen LogP contribution in [0.5, 0.6) is 0 Å². The Kier molecular flexibility index (Phi) is 4.66. The van der Waals surface area contributed by atoms with Gasteiger partial charge in [0, 0.05) is 19.3 Å². The summed E-state index contributed by atoms with van der Waals surface area (Å²) in [6.07, 6.45) is 2.18. The largest absolute Gasteiger partial charge is 0.481 e. The molecular weight excluding hydrogens is 274 g/mol. The lowest BCUT2D eigenvalue weighted by Crippen LogP contribution is -2.42. The third-order valence-corrected chi connectivity index (χ3v) is 3.71.